The highest BCUT2D eigenvalue weighted by molar-refractivity contribution is 6.07. The highest BCUT2D eigenvalue weighted by Gasteiger charge is 2.30. The summed E-state index contributed by atoms with van der Waals surface area (Å²) in [6.45, 7) is 6.88. The number of nitrogens with zero attached hydrogens (tertiary/aromatic N) is 2. The summed E-state index contributed by atoms with van der Waals surface area (Å²) in [4.78, 5) is 30.4. The number of nitrogens with one attached hydrogen (secondary N) is 1. The van der Waals surface area contributed by atoms with Gasteiger partial charge in [-0.05, 0) is 55.5 Å². The van der Waals surface area contributed by atoms with Crippen LogP contribution in [-0.4, -0.2) is 60.4 Å². The molecule has 2 aliphatic rings. The molecule has 166 valence electrons. The van der Waals surface area contributed by atoms with Gasteiger partial charge in [-0.1, -0.05) is 49.7 Å². The smallest absolute Gasteiger partial charge is 0.254 e. The SMILES string of the molecule is CCCCN1CCC(NC(=O)C2CCN(C(=O)c3cccc4ccccc34)CC2)CC1. The highest BCUT2D eigenvalue weighted by Crippen LogP contribution is 2.24. The van der Waals surface area contributed by atoms with Crippen molar-refractivity contribution in [1.82, 2.24) is 15.1 Å². The molecule has 0 bridgehead atoms. The average Bonchev–Trinajstić information content (AvgIpc) is 2.83. The molecule has 0 atom stereocenters. The first-order chi connectivity index (χ1) is 15.2. The van der Waals surface area contributed by atoms with E-state index in [0.717, 1.165) is 55.1 Å². The molecule has 5 nitrogen and oxygen atoms in total. The molecule has 2 aliphatic heterocycles. The Hall–Kier alpha value is -2.40. The Labute approximate surface area is 185 Å². The van der Waals surface area contributed by atoms with Gasteiger partial charge < -0.3 is 15.1 Å². The van der Waals surface area contributed by atoms with Crippen molar-refractivity contribution in [3.63, 3.8) is 0 Å². The van der Waals surface area contributed by atoms with Crippen molar-refractivity contribution >= 4 is 22.6 Å². The van der Waals surface area contributed by atoms with E-state index >= 15 is 0 Å². The van der Waals surface area contributed by atoms with Gasteiger partial charge in [0.25, 0.3) is 5.91 Å². The predicted molar refractivity (Wildman–Crippen MR) is 125 cm³/mol. The third-order valence-corrected chi connectivity index (χ3v) is 6.93. The van der Waals surface area contributed by atoms with E-state index in [1.54, 1.807) is 0 Å². The number of amides is 2. The van der Waals surface area contributed by atoms with Gasteiger partial charge in [-0.3, -0.25) is 9.59 Å². The topological polar surface area (TPSA) is 52.7 Å². The minimum atomic E-state index is 0.0229. The molecule has 2 heterocycles. The molecule has 0 saturated carbocycles. The van der Waals surface area contributed by atoms with Crippen molar-refractivity contribution in [2.24, 2.45) is 5.92 Å². The lowest BCUT2D eigenvalue weighted by Crippen LogP contribution is -2.48. The second-order valence-corrected chi connectivity index (χ2v) is 9.07. The van der Waals surface area contributed by atoms with E-state index < -0.39 is 0 Å². The van der Waals surface area contributed by atoms with Gasteiger partial charge in [0.05, 0.1) is 0 Å². The zero-order valence-corrected chi connectivity index (χ0v) is 18.7. The number of likely N-dealkylation sites (tertiary alicyclic amines) is 2. The number of carbonyl (C=O) groups excluding carboxylic acids is 2. The van der Waals surface area contributed by atoms with Crippen LogP contribution in [0.3, 0.4) is 0 Å². The largest absolute Gasteiger partial charge is 0.353 e. The first-order valence-corrected chi connectivity index (χ1v) is 12.0. The molecule has 1 N–H and O–H groups in total. The van der Waals surface area contributed by atoms with E-state index in [9.17, 15) is 9.59 Å². The summed E-state index contributed by atoms with van der Waals surface area (Å²) in [5, 5.41) is 5.38. The number of piperidine rings is 2. The lowest BCUT2D eigenvalue weighted by atomic mass is 9.93. The molecule has 2 aromatic rings. The first-order valence-electron chi connectivity index (χ1n) is 12.0. The van der Waals surface area contributed by atoms with Crippen LogP contribution in [0.15, 0.2) is 42.5 Å². The van der Waals surface area contributed by atoms with Crippen LogP contribution in [0.2, 0.25) is 0 Å². The number of carbonyl (C=O) groups is 2. The number of hydrogen-bond acceptors (Lipinski definition) is 3. The van der Waals surface area contributed by atoms with Crippen LogP contribution in [0.4, 0.5) is 0 Å². The monoisotopic (exact) mass is 421 g/mol. The maximum absolute atomic E-state index is 13.1. The van der Waals surface area contributed by atoms with Gasteiger partial charge in [0, 0.05) is 43.7 Å². The van der Waals surface area contributed by atoms with Crippen molar-refractivity contribution in [2.45, 2.75) is 51.5 Å². The normalized spacial score (nSPS) is 18.9. The molecule has 5 heteroatoms. The Kier molecular flexibility index (Phi) is 7.23. The Morgan fingerprint density at radius 2 is 1.65 bits per heavy atom. The number of hydrogen-bond donors (Lipinski definition) is 1. The van der Waals surface area contributed by atoms with Gasteiger partial charge in [0.1, 0.15) is 0 Å². The Morgan fingerprint density at radius 1 is 0.935 bits per heavy atom. The van der Waals surface area contributed by atoms with Crippen molar-refractivity contribution in [2.75, 3.05) is 32.7 Å². The third kappa shape index (κ3) is 5.27. The number of rotatable bonds is 6. The summed E-state index contributed by atoms with van der Waals surface area (Å²) in [5.41, 5.74) is 0.760. The van der Waals surface area contributed by atoms with Crippen LogP contribution in [-0.2, 0) is 4.79 Å². The zero-order chi connectivity index (χ0) is 21.6. The van der Waals surface area contributed by atoms with Crippen LogP contribution < -0.4 is 5.32 Å². The van der Waals surface area contributed by atoms with Crippen LogP contribution in [0, 0.1) is 5.92 Å². The Bertz CT molecular complexity index is 891. The van der Waals surface area contributed by atoms with Gasteiger partial charge in [-0.25, -0.2) is 0 Å². The molecule has 0 spiro atoms. The van der Waals surface area contributed by atoms with Crippen LogP contribution in [0.25, 0.3) is 10.8 Å². The van der Waals surface area contributed by atoms with Crippen molar-refractivity contribution in [1.29, 1.82) is 0 Å². The predicted octanol–water partition coefficient (Wildman–Crippen LogP) is 4.07. The summed E-state index contributed by atoms with van der Waals surface area (Å²) in [5.74, 6) is 0.286. The van der Waals surface area contributed by atoms with E-state index in [2.05, 4.69) is 17.1 Å². The molecule has 31 heavy (non-hydrogen) atoms. The molecule has 4 rings (SSSR count). The van der Waals surface area contributed by atoms with Gasteiger partial charge >= 0.3 is 0 Å². The molecule has 0 radical (unpaired) electrons. The van der Waals surface area contributed by atoms with Crippen molar-refractivity contribution < 1.29 is 9.59 Å². The van der Waals surface area contributed by atoms with Gasteiger partial charge in [0.15, 0.2) is 0 Å². The molecular formula is C26H35N3O2. The fourth-order valence-corrected chi connectivity index (χ4v) is 4.93. The van der Waals surface area contributed by atoms with Crippen LogP contribution in [0.5, 0.6) is 0 Å². The molecule has 0 aliphatic carbocycles. The molecule has 0 unspecified atom stereocenters. The Balaban J connectivity index is 1.27. The number of unbranched alkanes of at least 4 members (excludes halogenated alkanes) is 1. The van der Waals surface area contributed by atoms with Gasteiger partial charge in [-0.15, -0.1) is 0 Å². The fourth-order valence-electron chi connectivity index (χ4n) is 4.93. The lowest BCUT2D eigenvalue weighted by Gasteiger charge is -2.35. The Morgan fingerprint density at radius 3 is 2.39 bits per heavy atom. The lowest BCUT2D eigenvalue weighted by molar-refractivity contribution is -0.127. The zero-order valence-electron chi connectivity index (χ0n) is 18.7. The second kappa shape index (κ2) is 10.3. The average molecular weight is 422 g/mol. The summed E-state index contributed by atoms with van der Waals surface area (Å²) >= 11 is 0. The van der Waals surface area contributed by atoms with Crippen molar-refractivity contribution in [3.8, 4) is 0 Å². The fraction of sp³-hybridized carbons (Fsp3) is 0.538. The minimum absolute atomic E-state index is 0.0229. The highest BCUT2D eigenvalue weighted by atomic mass is 16.2. The van der Waals surface area contributed by atoms with E-state index in [1.807, 2.05) is 47.4 Å². The summed E-state index contributed by atoms with van der Waals surface area (Å²) in [6, 6.07) is 14.2. The van der Waals surface area contributed by atoms with E-state index in [4.69, 9.17) is 0 Å². The maximum Gasteiger partial charge on any atom is 0.254 e. The molecular weight excluding hydrogens is 386 g/mol. The number of fused-ring (bicyclic) bond motifs is 1. The number of benzene rings is 2. The molecule has 2 saturated heterocycles. The van der Waals surface area contributed by atoms with Gasteiger partial charge in [0.2, 0.25) is 5.91 Å². The summed E-state index contributed by atoms with van der Waals surface area (Å²) < 4.78 is 0. The first kappa shape index (κ1) is 21.8. The van der Waals surface area contributed by atoms with Crippen LogP contribution in [0.1, 0.15) is 55.8 Å². The molecule has 2 amide bonds. The van der Waals surface area contributed by atoms with E-state index in [1.165, 1.54) is 19.4 Å². The van der Waals surface area contributed by atoms with Crippen molar-refractivity contribution in [3.05, 3.63) is 48.0 Å². The van der Waals surface area contributed by atoms with E-state index in [-0.39, 0.29) is 17.7 Å². The summed E-state index contributed by atoms with van der Waals surface area (Å²) in [7, 11) is 0. The molecule has 0 aromatic heterocycles. The second-order valence-electron chi connectivity index (χ2n) is 9.07. The minimum Gasteiger partial charge on any atom is -0.353 e. The van der Waals surface area contributed by atoms with Crippen LogP contribution >= 0.6 is 0 Å². The summed E-state index contributed by atoms with van der Waals surface area (Å²) in [6.07, 6.45) is 6.09. The van der Waals surface area contributed by atoms with Gasteiger partial charge in [-0.2, -0.15) is 0 Å². The maximum atomic E-state index is 13.1. The quantitative estimate of drug-likeness (QED) is 0.765. The van der Waals surface area contributed by atoms with E-state index in [0.29, 0.717) is 19.1 Å². The third-order valence-electron chi connectivity index (χ3n) is 6.93. The standard InChI is InChI=1S/C26H35N3O2/c1-2-3-15-28-16-13-22(14-17-28)27-25(30)21-11-18-29(19-12-21)26(31)24-10-6-8-20-7-4-5-9-23(20)24/h4-10,21-22H,2-3,11-19H2,1H3,(H,27,30). The molecule has 2 aromatic carbocycles. The molecule has 2 fully saturated rings.